The molecule has 0 bridgehead atoms. The Morgan fingerprint density at radius 3 is 2.62 bits per heavy atom. The minimum Gasteiger partial charge on any atom is -0.326 e. The van der Waals surface area contributed by atoms with Gasteiger partial charge in [-0.25, -0.2) is 4.98 Å². The van der Waals surface area contributed by atoms with Crippen molar-refractivity contribution in [3.05, 3.63) is 35.3 Å². The van der Waals surface area contributed by atoms with Crippen molar-refractivity contribution in [3.8, 4) is 10.6 Å². The number of rotatable bonds is 3. The standard InChI is InChI=1S/C18H23N3OS.ClH/c1-12-11-23-17(20-12)13-6-8-14(9-7-13)21-16(22)15-5-3-4-10-18(15,2)19;/h6-9,11,15H,3-5,10,19H2,1-2H3,(H,21,22);1H. The minimum atomic E-state index is -0.402. The van der Waals surface area contributed by atoms with E-state index in [0.717, 1.165) is 47.6 Å². The molecule has 24 heavy (non-hydrogen) atoms. The third kappa shape index (κ3) is 4.15. The van der Waals surface area contributed by atoms with E-state index < -0.39 is 5.54 Å². The lowest BCUT2D eigenvalue weighted by Crippen LogP contribution is -2.51. The lowest BCUT2D eigenvalue weighted by atomic mass is 9.74. The van der Waals surface area contributed by atoms with Crippen molar-refractivity contribution < 1.29 is 4.79 Å². The van der Waals surface area contributed by atoms with Gasteiger partial charge in [-0.2, -0.15) is 0 Å². The SMILES string of the molecule is Cc1csc(-c2ccc(NC(=O)C3CCCCC3(C)N)cc2)n1.Cl. The molecule has 0 saturated heterocycles. The molecule has 3 rings (SSSR count). The van der Waals surface area contributed by atoms with Crippen LogP contribution >= 0.6 is 23.7 Å². The molecule has 0 aliphatic heterocycles. The summed E-state index contributed by atoms with van der Waals surface area (Å²) in [6.07, 6.45) is 3.97. The molecule has 6 heteroatoms. The van der Waals surface area contributed by atoms with Crippen LogP contribution in [0.1, 0.15) is 38.3 Å². The molecule has 1 heterocycles. The number of nitrogens with two attached hydrogens (primary N) is 1. The third-order valence-corrected chi connectivity index (χ3v) is 5.60. The Balaban J connectivity index is 0.00000208. The first kappa shape index (κ1) is 18.9. The number of carbonyl (C=O) groups is 1. The molecule has 1 saturated carbocycles. The van der Waals surface area contributed by atoms with Gasteiger partial charge in [0.05, 0.1) is 5.92 Å². The van der Waals surface area contributed by atoms with E-state index in [1.165, 1.54) is 0 Å². The maximum absolute atomic E-state index is 12.5. The third-order valence-electron chi connectivity index (χ3n) is 4.59. The highest BCUT2D eigenvalue weighted by atomic mass is 35.5. The smallest absolute Gasteiger partial charge is 0.229 e. The van der Waals surface area contributed by atoms with Crippen molar-refractivity contribution in [2.24, 2.45) is 11.7 Å². The van der Waals surface area contributed by atoms with Crippen LogP contribution in [0.2, 0.25) is 0 Å². The highest BCUT2D eigenvalue weighted by Crippen LogP contribution is 2.32. The molecule has 2 aromatic rings. The van der Waals surface area contributed by atoms with Gasteiger partial charge in [-0.1, -0.05) is 12.8 Å². The number of anilines is 1. The summed E-state index contributed by atoms with van der Waals surface area (Å²) in [5, 5.41) is 6.06. The molecule has 3 N–H and O–H groups in total. The zero-order valence-electron chi connectivity index (χ0n) is 14.0. The summed E-state index contributed by atoms with van der Waals surface area (Å²) < 4.78 is 0. The molecular formula is C18H24ClN3OS. The number of aryl methyl sites for hydroxylation is 1. The highest BCUT2D eigenvalue weighted by Gasteiger charge is 2.37. The number of benzene rings is 1. The molecule has 0 radical (unpaired) electrons. The van der Waals surface area contributed by atoms with E-state index in [1.807, 2.05) is 43.5 Å². The molecule has 1 aliphatic rings. The van der Waals surface area contributed by atoms with Gasteiger partial charge in [0.2, 0.25) is 5.91 Å². The Bertz CT molecular complexity index is 697. The Morgan fingerprint density at radius 2 is 2.04 bits per heavy atom. The van der Waals surface area contributed by atoms with Gasteiger partial charge < -0.3 is 11.1 Å². The van der Waals surface area contributed by atoms with Crippen molar-refractivity contribution in [1.29, 1.82) is 0 Å². The number of hydrogen-bond donors (Lipinski definition) is 2. The van der Waals surface area contributed by atoms with Crippen molar-refractivity contribution in [2.45, 2.75) is 45.1 Å². The number of nitrogens with one attached hydrogen (secondary N) is 1. The quantitative estimate of drug-likeness (QED) is 0.847. The summed E-state index contributed by atoms with van der Waals surface area (Å²) in [4.78, 5) is 17.0. The summed E-state index contributed by atoms with van der Waals surface area (Å²) in [7, 11) is 0. The highest BCUT2D eigenvalue weighted by molar-refractivity contribution is 7.13. The molecular weight excluding hydrogens is 342 g/mol. The van der Waals surface area contributed by atoms with Gasteiger partial charge in [0.25, 0.3) is 0 Å². The predicted octanol–water partition coefficient (Wildman–Crippen LogP) is 4.39. The minimum absolute atomic E-state index is 0. The van der Waals surface area contributed by atoms with Gasteiger partial charge in [0.1, 0.15) is 5.01 Å². The predicted molar refractivity (Wildman–Crippen MR) is 103 cm³/mol. The van der Waals surface area contributed by atoms with Crippen LogP contribution in [0.3, 0.4) is 0 Å². The maximum Gasteiger partial charge on any atom is 0.229 e. The van der Waals surface area contributed by atoms with E-state index >= 15 is 0 Å². The molecule has 1 aliphatic carbocycles. The molecule has 1 amide bonds. The topological polar surface area (TPSA) is 68.0 Å². The van der Waals surface area contributed by atoms with Gasteiger partial charge in [-0.15, -0.1) is 23.7 Å². The number of nitrogens with zero attached hydrogens (tertiary/aromatic N) is 1. The van der Waals surface area contributed by atoms with E-state index in [2.05, 4.69) is 10.3 Å². The van der Waals surface area contributed by atoms with E-state index in [9.17, 15) is 4.79 Å². The first-order valence-electron chi connectivity index (χ1n) is 8.08. The molecule has 1 fully saturated rings. The van der Waals surface area contributed by atoms with E-state index in [1.54, 1.807) is 11.3 Å². The van der Waals surface area contributed by atoms with Crippen LogP contribution in [-0.4, -0.2) is 16.4 Å². The van der Waals surface area contributed by atoms with Gasteiger partial charge in [-0.05, 0) is 51.0 Å². The number of amides is 1. The summed E-state index contributed by atoms with van der Waals surface area (Å²) in [5.41, 5.74) is 8.82. The number of carbonyl (C=O) groups excluding carboxylic acids is 1. The van der Waals surface area contributed by atoms with Crippen LogP contribution in [0.4, 0.5) is 5.69 Å². The van der Waals surface area contributed by atoms with Crippen molar-refractivity contribution >= 4 is 35.3 Å². The summed E-state index contributed by atoms with van der Waals surface area (Å²) in [6, 6.07) is 7.86. The zero-order valence-corrected chi connectivity index (χ0v) is 15.7. The lowest BCUT2D eigenvalue weighted by Gasteiger charge is -2.37. The molecule has 4 nitrogen and oxygen atoms in total. The van der Waals surface area contributed by atoms with Crippen LogP contribution in [0.25, 0.3) is 10.6 Å². The summed E-state index contributed by atoms with van der Waals surface area (Å²) in [5.74, 6) is -0.0786. The van der Waals surface area contributed by atoms with E-state index in [0.29, 0.717) is 0 Å². The van der Waals surface area contributed by atoms with Crippen molar-refractivity contribution in [3.63, 3.8) is 0 Å². The van der Waals surface area contributed by atoms with Gasteiger partial charge in [-0.3, -0.25) is 4.79 Å². The normalized spacial score (nSPS) is 23.4. The van der Waals surface area contributed by atoms with Gasteiger partial charge in [0.15, 0.2) is 0 Å². The van der Waals surface area contributed by atoms with Crippen molar-refractivity contribution in [2.75, 3.05) is 5.32 Å². The Kier molecular flexibility index (Phi) is 6.01. The Labute approximate surface area is 153 Å². The molecule has 130 valence electrons. The van der Waals surface area contributed by atoms with E-state index in [4.69, 9.17) is 5.73 Å². The van der Waals surface area contributed by atoms with Crippen LogP contribution in [0.5, 0.6) is 0 Å². The first-order chi connectivity index (χ1) is 11.0. The molecule has 1 aromatic heterocycles. The number of hydrogen-bond acceptors (Lipinski definition) is 4. The zero-order chi connectivity index (χ0) is 16.4. The number of halogens is 1. The summed E-state index contributed by atoms with van der Waals surface area (Å²) >= 11 is 1.63. The monoisotopic (exact) mass is 365 g/mol. The fraction of sp³-hybridized carbons (Fsp3) is 0.444. The summed E-state index contributed by atoms with van der Waals surface area (Å²) in [6.45, 7) is 3.98. The maximum atomic E-state index is 12.5. The van der Waals surface area contributed by atoms with Crippen LogP contribution in [0, 0.1) is 12.8 Å². The number of thiazole rings is 1. The Morgan fingerprint density at radius 1 is 1.33 bits per heavy atom. The fourth-order valence-corrected chi connectivity index (χ4v) is 4.00. The second-order valence-corrected chi connectivity index (χ2v) is 7.52. The van der Waals surface area contributed by atoms with Crippen LogP contribution < -0.4 is 11.1 Å². The van der Waals surface area contributed by atoms with E-state index in [-0.39, 0.29) is 24.2 Å². The van der Waals surface area contributed by atoms with Crippen molar-refractivity contribution in [1.82, 2.24) is 4.98 Å². The van der Waals surface area contributed by atoms with Crippen LogP contribution in [-0.2, 0) is 4.79 Å². The average molecular weight is 366 g/mol. The largest absolute Gasteiger partial charge is 0.326 e. The fourth-order valence-electron chi connectivity index (χ4n) is 3.20. The first-order valence-corrected chi connectivity index (χ1v) is 8.96. The second kappa shape index (κ2) is 7.64. The van der Waals surface area contributed by atoms with Gasteiger partial charge >= 0.3 is 0 Å². The molecule has 0 spiro atoms. The van der Waals surface area contributed by atoms with Gasteiger partial charge in [0, 0.05) is 27.9 Å². The Hall–Kier alpha value is -1.43. The average Bonchev–Trinajstić information content (AvgIpc) is 2.94. The molecule has 2 atom stereocenters. The lowest BCUT2D eigenvalue weighted by molar-refractivity contribution is -0.122. The molecule has 2 unspecified atom stereocenters. The molecule has 1 aromatic carbocycles. The van der Waals surface area contributed by atoms with Crippen LogP contribution in [0.15, 0.2) is 29.6 Å². The second-order valence-electron chi connectivity index (χ2n) is 6.66. The number of aromatic nitrogens is 1.